The van der Waals surface area contributed by atoms with Crippen molar-refractivity contribution >= 4 is 17.6 Å². The van der Waals surface area contributed by atoms with Crippen molar-refractivity contribution in [2.24, 2.45) is 0 Å². The van der Waals surface area contributed by atoms with Crippen molar-refractivity contribution in [2.45, 2.75) is 0 Å². The van der Waals surface area contributed by atoms with Gasteiger partial charge in [-0.15, -0.1) is 0 Å². The van der Waals surface area contributed by atoms with Gasteiger partial charge >= 0.3 is 12.0 Å². The Kier molecular flexibility index (Phi) is 3.07. The fourth-order valence-electron chi connectivity index (χ4n) is 0.605. The molecular weight excluding hydrogens is 206 g/mol. The van der Waals surface area contributed by atoms with Crippen LogP contribution in [0.15, 0.2) is 6.20 Å². The second kappa shape index (κ2) is 4.08. The molecule has 0 spiro atoms. The Hall–Kier alpha value is -1.30. The predicted molar refractivity (Wildman–Crippen MR) is 38.1 cm³/mol. The molecule has 1 rings (SSSR count). The zero-order valence-corrected chi connectivity index (χ0v) is 6.89. The highest BCUT2D eigenvalue weighted by atomic mass is 35.5. The number of rotatable bonds is 2. The Morgan fingerprint density at radius 2 is 2.31 bits per heavy atom. The Bertz CT molecular complexity index is 334. The molecular formula is C6H3ClF2N2O2. The topological polar surface area (TPSA) is 52.1 Å². The minimum Gasteiger partial charge on any atom is -0.446 e. The third-order valence-corrected chi connectivity index (χ3v) is 1.23. The van der Waals surface area contributed by atoms with Crippen LogP contribution in [0.2, 0.25) is 0 Å². The zero-order valence-electron chi connectivity index (χ0n) is 6.13. The van der Waals surface area contributed by atoms with Crippen molar-refractivity contribution in [1.82, 2.24) is 9.97 Å². The molecule has 0 aliphatic heterocycles. The fourth-order valence-corrected chi connectivity index (χ4v) is 0.704. The molecule has 0 aliphatic rings. The van der Waals surface area contributed by atoms with Crippen LogP contribution in [0.5, 0.6) is 0 Å². The Balaban J connectivity index is 2.95. The first-order valence-electron chi connectivity index (χ1n) is 3.06. The second-order valence-electron chi connectivity index (χ2n) is 1.88. The first-order valence-corrected chi connectivity index (χ1v) is 3.59. The molecule has 0 aromatic carbocycles. The van der Waals surface area contributed by atoms with E-state index in [0.717, 1.165) is 0 Å². The number of nitrogens with zero attached hydrogens (tertiary/aromatic N) is 2. The van der Waals surface area contributed by atoms with Crippen molar-refractivity contribution in [2.75, 3.05) is 6.07 Å². The van der Waals surface area contributed by atoms with Gasteiger partial charge in [-0.2, -0.15) is 13.8 Å². The predicted octanol–water partition coefficient (Wildman–Crippen LogP) is 1.11. The van der Waals surface area contributed by atoms with Crippen LogP contribution >= 0.6 is 11.6 Å². The largest absolute Gasteiger partial charge is 0.446 e. The van der Waals surface area contributed by atoms with Crippen molar-refractivity contribution in [1.29, 1.82) is 0 Å². The molecule has 1 aromatic rings. The van der Waals surface area contributed by atoms with E-state index in [0.29, 0.717) is 6.20 Å². The molecule has 0 fully saturated rings. The standard InChI is InChI=1S/C6H3ClF2N2O2/c7-2-13-5(12)3-1-10-6(9)11-4(3)8/h1H,2H2. The Morgan fingerprint density at radius 1 is 1.62 bits per heavy atom. The average molecular weight is 209 g/mol. The molecule has 1 aromatic heterocycles. The van der Waals surface area contributed by atoms with Crippen LogP contribution in [0.25, 0.3) is 0 Å². The van der Waals surface area contributed by atoms with Gasteiger partial charge in [0.05, 0.1) is 6.20 Å². The van der Waals surface area contributed by atoms with Crippen LogP contribution in [0.4, 0.5) is 8.78 Å². The van der Waals surface area contributed by atoms with Crippen LogP contribution in [-0.4, -0.2) is 22.0 Å². The highest BCUT2D eigenvalue weighted by Crippen LogP contribution is 2.05. The van der Waals surface area contributed by atoms with Gasteiger partial charge in [0, 0.05) is 0 Å². The minimum absolute atomic E-state index is 0.421. The average Bonchev–Trinajstić information content (AvgIpc) is 2.04. The fraction of sp³-hybridized carbons (Fsp3) is 0.167. The van der Waals surface area contributed by atoms with E-state index in [9.17, 15) is 13.6 Å². The van der Waals surface area contributed by atoms with Gasteiger partial charge in [0.15, 0.2) is 6.07 Å². The third-order valence-electron chi connectivity index (χ3n) is 1.12. The molecule has 0 saturated heterocycles. The number of hydrogen-bond donors (Lipinski definition) is 0. The molecule has 0 aliphatic carbocycles. The normalized spacial score (nSPS) is 9.77. The first kappa shape index (κ1) is 9.79. The zero-order chi connectivity index (χ0) is 9.84. The van der Waals surface area contributed by atoms with E-state index >= 15 is 0 Å². The number of alkyl halides is 1. The lowest BCUT2D eigenvalue weighted by Crippen LogP contribution is -2.09. The van der Waals surface area contributed by atoms with E-state index in [4.69, 9.17) is 11.6 Å². The molecule has 0 bridgehead atoms. The van der Waals surface area contributed by atoms with Crippen molar-refractivity contribution in [3.05, 3.63) is 23.8 Å². The molecule has 13 heavy (non-hydrogen) atoms. The van der Waals surface area contributed by atoms with Crippen LogP contribution in [-0.2, 0) is 4.74 Å². The van der Waals surface area contributed by atoms with Crippen LogP contribution in [0.1, 0.15) is 10.4 Å². The molecule has 0 radical (unpaired) electrons. The van der Waals surface area contributed by atoms with Gasteiger partial charge in [0.25, 0.3) is 0 Å². The van der Waals surface area contributed by atoms with Crippen LogP contribution in [0.3, 0.4) is 0 Å². The van der Waals surface area contributed by atoms with E-state index < -0.39 is 29.6 Å². The smallest absolute Gasteiger partial charge is 0.345 e. The summed E-state index contributed by atoms with van der Waals surface area (Å²) in [5.41, 5.74) is -0.554. The Labute approximate surface area is 76.5 Å². The summed E-state index contributed by atoms with van der Waals surface area (Å²) in [4.78, 5) is 16.5. The maximum atomic E-state index is 12.7. The van der Waals surface area contributed by atoms with Crippen molar-refractivity contribution in [3.8, 4) is 0 Å². The molecule has 0 atom stereocenters. The minimum atomic E-state index is -1.28. The highest BCUT2D eigenvalue weighted by molar-refractivity contribution is 6.17. The maximum Gasteiger partial charge on any atom is 0.345 e. The van der Waals surface area contributed by atoms with Crippen LogP contribution in [0, 0.1) is 12.0 Å². The molecule has 4 nitrogen and oxygen atoms in total. The lowest BCUT2D eigenvalue weighted by atomic mass is 10.3. The van der Waals surface area contributed by atoms with Gasteiger partial charge in [-0.3, -0.25) is 0 Å². The SMILES string of the molecule is O=C(OCCl)c1cnc(F)nc1F. The summed E-state index contributed by atoms with van der Waals surface area (Å²) in [7, 11) is 0. The molecule has 1 heterocycles. The maximum absolute atomic E-state index is 12.7. The van der Waals surface area contributed by atoms with E-state index in [2.05, 4.69) is 14.7 Å². The van der Waals surface area contributed by atoms with E-state index in [1.807, 2.05) is 0 Å². The van der Waals surface area contributed by atoms with Gasteiger partial charge in [0.2, 0.25) is 5.95 Å². The lowest BCUT2D eigenvalue weighted by Gasteiger charge is -1.99. The summed E-state index contributed by atoms with van der Waals surface area (Å²) in [6, 6.07) is -0.421. The molecule has 0 N–H and O–H groups in total. The van der Waals surface area contributed by atoms with Gasteiger partial charge in [-0.1, -0.05) is 11.6 Å². The number of hydrogen-bond acceptors (Lipinski definition) is 4. The van der Waals surface area contributed by atoms with Gasteiger partial charge in [-0.25, -0.2) is 9.78 Å². The molecule has 0 saturated carbocycles. The summed E-state index contributed by atoms with van der Waals surface area (Å²) in [5.74, 6) is -2.31. The first-order chi connectivity index (χ1) is 6.15. The summed E-state index contributed by atoms with van der Waals surface area (Å²) in [6.45, 7) is 0. The number of aromatic nitrogens is 2. The lowest BCUT2D eigenvalue weighted by molar-refractivity contribution is 0.0566. The van der Waals surface area contributed by atoms with E-state index in [1.54, 1.807) is 0 Å². The van der Waals surface area contributed by atoms with Crippen molar-refractivity contribution in [3.63, 3.8) is 0 Å². The summed E-state index contributed by atoms with van der Waals surface area (Å²) < 4.78 is 29.1. The van der Waals surface area contributed by atoms with E-state index in [1.165, 1.54) is 0 Å². The number of carbonyl (C=O) groups is 1. The van der Waals surface area contributed by atoms with Gasteiger partial charge < -0.3 is 4.74 Å². The molecule has 0 unspecified atom stereocenters. The number of carbonyl (C=O) groups excluding carboxylic acids is 1. The molecule has 7 heteroatoms. The summed E-state index contributed by atoms with van der Waals surface area (Å²) >= 11 is 5.05. The van der Waals surface area contributed by atoms with Gasteiger partial charge in [-0.05, 0) is 0 Å². The summed E-state index contributed by atoms with van der Waals surface area (Å²) in [5, 5.41) is 0. The number of halogens is 3. The monoisotopic (exact) mass is 208 g/mol. The Morgan fingerprint density at radius 3 is 2.85 bits per heavy atom. The van der Waals surface area contributed by atoms with Crippen LogP contribution < -0.4 is 0 Å². The second-order valence-corrected chi connectivity index (χ2v) is 2.10. The molecule has 70 valence electrons. The number of esters is 1. The molecule has 0 amide bonds. The van der Waals surface area contributed by atoms with Gasteiger partial charge in [0.1, 0.15) is 5.56 Å². The quantitative estimate of drug-likeness (QED) is 0.316. The highest BCUT2D eigenvalue weighted by Gasteiger charge is 2.15. The third kappa shape index (κ3) is 2.32. The summed E-state index contributed by atoms with van der Waals surface area (Å²) in [6.07, 6.45) is -0.563. The number of ether oxygens (including phenoxy) is 1. The van der Waals surface area contributed by atoms with Crippen molar-refractivity contribution < 1.29 is 18.3 Å². The van der Waals surface area contributed by atoms with E-state index in [-0.39, 0.29) is 0 Å².